The van der Waals surface area contributed by atoms with Gasteiger partial charge in [0.05, 0.1) is 10.7 Å². The second-order valence-electron chi connectivity index (χ2n) is 4.55. The van der Waals surface area contributed by atoms with E-state index in [4.69, 9.17) is 0 Å². The average molecular weight is 245 g/mol. The lowest BCUT2D eigenvalue weighted by Crippen LogP contribution is -1.88. The lowest BCUT2D eigenvalue weighted by Gasteiger charge is -2.05. The summed E-state index contributed by atoms with van der Waals surface area (Å²) in [5.74, 6) is 0. The number of rotatable bonds is 3. The smallest absolute Gasteiger partial charge is 0.0904 e. The second-order valence-corrected chi connectivity index (χ2v) is 5.84. The molecule has 2 heteroatoms. The highest BCUT2D eigenvalue weighted by Crippen LogP contribution is 2.30. The summed E-state index contributed by atoms with van der Waals surface area (Å²) in [7, 11) is 0. The van der Waals surface area contributed by atoms with E-state index in [-0.39, 0.29) is 0 Å². The van der Waals surface area contributed by atoms with E-state index in [1.165, 1.54) is 38.7 Å². The number of benzene rings is 1. The first-order chi connectivity index (χ1) is 8.11. The van der Waals surface area contributed by atoms with Crippen LogP contribution in [0.4, 0.5) is 0 Å². The van der Waals surface area contributed by atoms with E-state index in [0.29, 0.717) is 0 Å². The fourth-order valence-electron chi connectivity index (χ4n) is 1.98. The predicted octanol–water partition coefficient (Wildman–Crippen LogP) is 4.69. The van der Waals surface area contributed by atoms with Crippen molar-refractivity contribution in [2.45, 2.75) is 40.5 Å². The zero-order valence-electron chi connectivity index (χ0n) is 11.0. The highest BCUT2D eigenvalue weighted by Gasteiger charge is 2.10. The molecule has 0 atom stereocenters. The highest BCUT2D eigenvalue weighted by molar-refractivity contribution is 7.12. The van der Waals surface area contributed by atoms with Crippen molar-refractivity contribution in [3.8, 4) is 11.3 Å². The monoisotopic (exact) mass is 245 g/mol. The van der Waals surface area contributed by atoms with Crippen LogP contribution in [0.3, 0.4) is 0 Å². The normalized spacial score (nSPS) is 10.8. The van der Waals surface area contributed by atoms with E-state index < -0.39 is 0 Å². The summed E-state index contributed by atoms with van der Waals surface area (Å²) in [6, 6.07) is 6.63. The van der Waals surface area contributed by atoms with E-state index in [1.54, 1.807) is 0 Å². The van der Waals surface area contributed by atoms with Gasteiger partial charge >= 0.3 is 0 Å². The lowest BCUT2D eigenvalue weighted by atomic mass is 10.0. The number of hydrogen-bond donors (Lipinski definition) is 0. The molecule has 90 valence electrons. The lowest BCUT2D eigenvalue weighted by molar-refractivity contribution is 0.938. The van der Waals surface area contributed by atoms with Gasteiger partial charge < -0.3 is 0 Å². The van der Waals surface area contributed by atoms with Gasteiger partial charge in [-0.2, -0.15) is 0 Å². The third-order valence-electron chi connectivity index (χ3n) is 3.06. The number of aromatic nitrogens is 1. The van der Waals surface area contributed by atoms with Gasteiger partial charge in [-0.1, -0.05) is 25.5 Å². The minimum absolute atomic E-state index is 1.13. The second kappa shape index (κ2) is 5.01. The summed E-state index contributed by atoms with van der Waals surface area (Å²) in [6.07, 6.45) is 2.31. The van der Waals surface area contributed by atoms with E-state index in [0.717, 1.165) is 6.42 Å². The first-order valence-electron chi connectivity index (χ1n) is 6.15. The number of hydrogen-bond acceptors (Lipinski definition) is 2. The molecule has 0 spiro atoms. The van der Waals surface area contributed by atoms with Gasteiger partial charge in [0.2, 0.25) is 0 Å². The molecule has 0 saturated carbocycles. The first-order valence-corrected chi connectivity index (χ1v) is 6.97. The topological polar surface area (TPSA) is 12.9 Å². The van der Waals surface area contributed by atoms with Crippen LogP contribution >= 0.6 is 11.3 Å². The van der Waals surface area contributed by atoms with Crippen LogP contribution in [-0.4, -0.2) is 4.98 Å². The Morgan fingerprint density at radius 1 is 1.12 bits per heavy atom. The van der Waals surface area contributed by atoms with E-state index >= 15 is 0 Å². The van der Waals surface area contributed by atoms with Crippen LogP contribution < -0.4 is 0 Å². The molecule has 0 fully saturated rings. The Morgan fingerprint density at radius 3 is 2.53 bits per heavy atom. The van der Waals surface area contributed by atoms with Crippen molar-refractivity contribution in [2.75, 3.05) is 0 Å². The van der Waals surface area contributed by atoms with E-state index in [1.807, 2.05) is 11.3 Å². The first kappa shape index (κ1) is 12.3. The molecule has 1 aromatic carbocycles. The van der Waals surface area contributed by atoms with Gasteiger partial charge in [0.15, 0.2) is 0 Å². The van der Waals surface area contributed by atoms with Gasteiger partial charge in [0.1, 0.15) is 0 Å². The van der Waals surface area contributed by atoms with Crippen LogP contribution in [0.15, 0.2) is 18.2 Å². The standard InChI is InChI=1S/C15H19NS/c1-5-6-14-15(16-12(4)17-14)13-8-7-10(2)11(3)9-13/h7-9H,5-6H2,1-4H3. The van der Waals surface area contributed by atoms with Gasteiger partial charge in [0, 0.05) is 10.4 Å². The van der Waals surface area contributed by atoms with Crippen LogP contribution in [0.1, 0.15) is 34.4 Å². The van der Waals surface area contributed by atoms with Crippen molar-refractivity contribution in [1.29, 1.82) is 0 Å². The molecule has 2 rings (SSSR count). The molecule has 2 aromatic rings. The summed E-state index contributed by atoms with van der Waals surface area (Å²) in [6.45, 7) is 8.63. The van der Waals surface area contributed by atoms with Crippen molar-refractivity contribution in [1.82, 2.24) is 4.98 Å². The Balaban J connectivity index is 2.47. The number of nitrogens with zero attached hydrogens (tertiary/aromatic N) is 1. The Morgan fingerprint density at radius 2 is 1.88 bits per heavy atom. The van der Waals surface area contributed by atoms with Gasteiger partial charge in [-0.25, -0.2) is 4.98 Å². The maximum Gasteiger partial charge on any atom is 0.0904 e. The molecule has 1 heterocycles. The van der Waals surface area contributed by atoms with Crippen LogP contribution in [-0.2, 0) is 6.42 Å². The largest absolute Gasteiger partial charge is 0.241 e. The van der Waals surface area contributed by atoms with Crippen molar-refractivity contribution < 1.29 is 0 Å². The Kier molecular flexibility index (Phi) is 3.63. The third-order valence-corrected chi connectivity index (χ3v) is 4.09. The summed E-state index contributed by atoms with van der Waals surface area (Å²) in [5, 5.41) is 1.17. The molecule has 0 saturated heterocycles. The molecule has 0 radical (unpaired) electrons. The molecule has 17 heavy (non-hydrogen) atoms. The summed E-state index contributed by atoms with van der Waals surface area (Å²) >= 11 is 1.83. The number of thiazole rings is 1. The van der Waals surface area contributed by atoms with Crippen LogP contribution in [0, 0.1) is 20.8 Å². The molecular formula is C15H19NS. The molecule has 0 unspecified atom stereocenters. The minimum atomic E-state index is 1.13. The Labute approximate surface area is 108 Å². The molecule has 1 nitrogen and oxygen atoms in total. The van der Waals surface area contributed by atoms with Gasteiger partial charge in [-0.05, 0) is 44.4 Å². The third kappa shape index (κ3) is 2.58. The zero-order chi connectivity index (χ0) is 12.4. The Bertz CT molecular complexity index is 526. The van der Waals surface area contributed by atoms with Crippen LogP contribution in [0.25, 0.3) is 11.3 Å². The van der Waals surface area contributed by atoms with Gasteiger partial charge in [0.25, 0.3) is 0 Å². The van der Waals surface area contributed by atoms with Gasteiger partial charge in [-0.3, -0.25) is 0 Å². The summed E-state index contributed by atoms with van der Waals surface area (Å²) in [5.41, 5.74) is 5.15. The number of aryl methyl sites for hydroxylation is 4. The van der Waals surface area contributed by atoms with Crippen molar-refractivity contribution in [2.24, 2.45) is 0 Å². The van der Waals surface area contributed by atoms with E-state index in [9.17, 15) is 0 Å². The summed E-state index contributed by atoms with van der Waals surface area (Å²) < 4.78 is 0. The molecule has 0 amide bonds. The molecule has 0 bridgehead atoms. The van der Waals surface area contributed by atoms with Crippen molar-refractivity contribution in [3.05, 3.63) is 39.2 Å². The fraction of sp³-hybridized carbons (Fsp3) is 0.400. The van der Waals surface area contributed by atoms with Gasteiger partial charge in [-0.15, -0.1) is 11.3 Å². The predicted molar refractivity (Wildman–Crippen MR) is 75.8 cm³/mol. The maximum absolute atomic E-state index is 4.69. The SMILES string of the molecule is CCCc1sc(C)nc1-c1ccc(C)c(C)c1. The summed E-state index contributed by atoms with van der Waals surface area (Å²) in [4.78, 5) is 6.11. The van der Waals surface area contributed by atoms with Crippen LogP contribution in [0.5, 0.6) is 0 Å². The van der Waals surface area contributed by atoms with E-state index in [2.05, 4.69) is 50.9 Å². The van der Waals surface area contributed by atoms with Crippen molar-refractivity contribution in [3.63, 3.8) is 0 Å². The molecule has 0 aliphatic heterocycles. The fourth-order valence-corrected chi connectivity index (χ4v) is 3.04. The maximum atomic E-state index is 4.69. The molecule has 0 aliphatic carbocycles. The minimum Gasteiger partial charge on any atom is -0.241 e. The molecular weight excluding hydrogens is 226 g/mol. The zero-order valence-corrected chi connectivity index (χ0v) is 11.8. The molecule has 0 N–H and O–H groups in total. The molecule has 1 aromatic heterocycles. The highest BCUT2D eigenvalue weighted by atomic mass is 32.1. The average Bonchev–Trinajstić information content (AvgIpc) is 2.64. The van der Waals surface area contributed by atoms with Crippen molar-refractivity contribution >= 4 is 11.3 Å². The Hall–Kier alpha value is -1.15. The quantitative estimate of drug-likeness (QED) is 0.764. The van der Waals surface area contributed by atoms with Crippen LogP contribution in [0.2, 0.25) is 0 Å². The molecule has 0 aliphatic rings.